The van der Waals surface area contributed by atoms with E-state index in [1.165, 1.54) is 0 Å². The van der Waals surface area contributed by atoms with Crippen molar-refractivity contribution in [3.63, 3.8) is 0 Å². The van der Waals surface area contributed by atoms with Gasteiger partial charge in [-0.15, -0.1) is 0 Å². The SMILES string of the molecule is N#Cc1ccc(NCC2CCC(C#CCO)CC2)nc1. The molecule has 1 aliphatic carbocycles. The highest BCUT2D eigenvalue weighted by Crippen LogP contribution is 2.28. The van der Waals surface area contributed by atoms with E-state index >= 15 is 0 Å². The maximum absolute atomic E-state index is 8.71. The van der Waals surface area contributed by atoms with E-state index < -0.39 is 0 Å². The Morgan fingerprint density at radius 3 is 2.70 bits per heavy atom. The van der Waals surface area contributed by atoms with Gasteiger partial charge in [0.1, 0.15) is 18.5 Å². The third-order valence-corrected chi connectivity index (χ3v) is 3.70. The van der Waals surface area contributed by atoms with Crippen LogP contribution < -0.4 is 5.32 Å². The Bertz CT molecular complexity index is 513. The van der Waals surface area contributed by atoms with Crippen LogP contribution in [0.5, 0.6) is 0 Å². The first-order chi connectivity index (χ1) is 9.81. The van der Waals surface area contributed by atoms with Crippen molar-refractivity contribution in [2.75, 3.05) is 18.5 Å². The molecular weight excluding hydrogens is 250 g/mol. The molecule has 0 atom stereocenters. The number of rotatable bonds is 3. The molecule has 0 spiro atoms. The molecule has 1 aromatic rings. The molecule has 1 aromatic heterocycles. The molecule has 0 amide bonds. The Morgan fingerprint density at radius 1 is 1.30 bits per heavy atom. The summed E-state index contributed by atoms with van der Waals surface area (Å²) in [4.78, 5) is 4.21. The van der Waals surface area contributed by atoms with Gasteiger partial charge in [-0.1, -0.05) is 11.8 Å². The second kappa shape index (κ2) is 7.53. The maximum Gasteiger partial charge on any atom is 0.125 e. The summed E-state index contributed by atoms with van der Waals surface area (Å²) in [6, 6.07) is 5.68. The van der Waals surface area contributed by atoms with Gasteiger partial charge >= 0.3 is 0 Å². The number of nitriles is 1. The van der Waals surface area contributed by atoms with Gasteiger partial charge in [0, 0.05) is 18.7 Å². The lowest BCUT2D eigenvalue weighted by Crippen LogP contribution is -2.21. The van der Waals surface area contributed by atoms with Gasteiger partial charge in [0.05, 0.1) is 5.56 Å². The molecule has 0 radical (unpaired) electrons. The Balaban J connectivity index is 1.74. The van der Waals surface area contributed by atoms with Gasteiger partial charge in [-0.2, -0.15) is 5.26 Å². The fourth-order valence-corrected chi connectivity index (χ4v) is 2.51. The molecule has 0 unspecified atom stereocenters. The van der Waals surface area contributed by atoms with Crippen LogP contribution in [-0.4, -0.2) is 23.2 Å². The van der Waals surface area contributed by atoms with E-state index in [0.717, 1.165) is 38.0 Å². The number of aliphatic hydroxyl groups is 1. The molecular formula is C16H19N3O. The van der Waals surface area contributed by atoms with E-state index in [0.29, 0.717) is 17.4 Å². The number of pyridine rings is 1. The van der Waals surface area contributed by atoms with Gasteiger partial charge in [-0.25, -0.2) is 4.98 Å². The van der Waals surface area contributed by atoms with Crippen molar-refractivity contribution in [3.05, 3.63) is 23.9 Å². The van der Waals surface area contributed by atoms with E-state index in [9.17, 15) is 0 Å². The quantitative estimate of drug-likeness (QED) is 0.825. The molecule has 0 aliphatic heterocycles. The van der Waals surface area contributed by atoms with E-state index in [-0.39, 0.29) is 6.61 Å². The molecule has 1 heterocycles. The average Bonchev–Trinajstić information content (AvgIpc) is 2.52. The Kier molecular flexibility index (Phi) is 5.41. The third kappa shape index (κ3) is 4.26. The number of nitrogens with zero attached hydrogens (tertiary/aromatic N) is 2. The first-order valence-corrected chi connectivity index (χ1v) is 7.01. The van der Waals surface area contributed by atoms with Crippen LogP contribution in [0.2, 0.25) is 0 Å². The molecule has 1 saturated carbocycles. The van der Waals surface area contributed by atoms with Crippen molar-refractivity contribution in [2.45, 2.75) is 25.7 Å². The van der Waals surface area contributed by atoms with Gasteiger partial charge in [0.2, 0.25) is 0 Å². The van der Waals surface area contributed by atoms with Gasteiger partial charge in [0.15, 0.2) is 0 Å². The summed E-state index contributed by atoms with van der Waals surface area (Å²) in [5, 5.41) is 20.7. The molecule has 104 valence electrons. The molecule has 0 bridgehead atoms. The van der Waals surface area contributed by atoms with E-state index in [1.807, 2.05) is 6.07 Å². The summed E-state index contributed by atoms with van der Waals surface area (Å²) in [5.41, 5.74) is 0.582. The van der Waals surface area contributed by atoms with Crippen LogP contribution in [0.4, 0.5) is 5.82 Å². The molecule has 1 fully saturated rings. The van der Waals surface area contributed by atoms with Crippen molar-refractivity contribution >= 4 is 5.82 Å². The topological polar surface area (TPSA) is 68.9 Å². The summed E-state index contributed by atoms with van der Waals surface area (Å²) in [5.74, 6) is 7.80. The van der Waals surface area contributed by atoms with Crippen molar-refractivity contribution in [1.29, 1.82) is 5.26 Å². The summed E-state index contributed by atoms with van der Waals surface area (Å²) >= 11 is 0. The summed E-state index contributed by atoms with van der Waals surface area (Å²) in [6.07, 6.45) is 6.13. The number of anilines is 1. The maximum atomic E-state index is 8.71. The molecule has 4 nitrogen and oxygen atoms in total. The van der Waals surface area contributed by atoms with Crippen molar-refractivity contribution in [2.24, 2.45) is 11.8 Å². The minimum atomic E-state index is -0.0359. The largest absolute Gasteiger partial charge is 0.384 e. The number of aromatic nitrogens is 1. The molecule has 0 aromatic carbocycles. The van der Waals surface area contributed by atoms with E-state index in [1.54, 1.807) is 12.3 Å². The lowest BCUT2D eigenvalue weighted by atomic mass is 9.82. The standard InChI is InChI=1S/C16H19N3O/c17-10-15-7-8-16(19-12-15)18-11-14-5-3-13(4-6-14)2-1-9-20/h7-8,12-14,20H,3-6,9,11H2,(H,18,19). The summed E-state index contributed by atoms with van der Waals surface area (Å²) in [7, 11) is 0. The smallest absolute Gasteiger partial charge is 0.125 e. The molecule has 4 heteroatoms. The Labute approximate surface area is 119 Å². The molecule has 0 saturated heterocycles. The second-order valence-electron chi connectivity index (χ2n) is 5.12. The zero-order valence-corrected chi connectivity index (χ0v) is 11.5. The number of aliphatic hydroxyl groups excluding tert-OH is 1. The molecule has 2 rings (SSSR count). The molecule has 20 heavy (non-hydrogen) atoms. The van der Waals surface area contributed by atoms with Crippen molar-refractivity contribution in [1.82, 2.24) is 4.98 Å². The first-order valence-electron chi connectivity index (χ1n) is 7.01. The molecule has 1 aliphatic rings. The highest BCUT2D eigenvalue weighted by molar-refractivity contribution is 5.38. The normalized spacial score (nSPS) is 21.4. The van der Waals surface area contributed by atoms with Gasteiger partial charge in [-0.3, -0.25) is 0 Å². The minimum absolute atomic E-state index is 0.0359. The number of hydrogen-bond donors (Lipinski definition) is 2. The number of hydrogen-bond acceptors (Lipinski definition) is 4. The lowest BCUT2D eigenvalue weighted by Gasteiger charge is -2.25. The third-order valence-electron chi connectivity index (χ3n) is 3.70. The molecule has 2 N–H and O–H groups in total. The van der Waals surface area contributed by atoms with Crippen LogP contribution in [0, 0.1) is 35.0 Å². The fourth-order valence-electron chi connectivity index (χ4n) is 2.51. The van der Waals surface area contributed by atoms with Gasteiger partial charge < -0.3 is 10.4 Å². The van der Waals surface area contributed by atoms with Crippen LogP contribution in [0.3, 0.4) is 0 Å². The highest BCUT2D eigenvalue weighted by Gasteiger charge is 2.19. The van der Waals surface area contributed by atoms with Crippen LogP contribution in [0.15, 0.2) is 18.3 Å². The van der Waals surface area contributed by atoms with Crippen LogP contribution in [0.25, 0.3) is 0 Å². The average molecular weight is 269 g/mol. The van der Waals surface area contributed by atoms with E-state index in [4.69, 9.17) is 10.4 Å². The van der Waals surface area contributed by atoms with Gasteiger partial charge in [-0.05, 0) is 43.7 Å². The summed E-state index contributed by atoms with van der Waals surface area (Å²) < 4.78 is 0. The van der Waals surface area contributed by atoms with Gasteiger partial charge in [0.25, 0.3) is 0 Å². The van der Waals surface area contributed by atoms with Crippen molar-refractivity contribution < 1.29 is 5.11 Å². The van der Waals surface area contributed by atoms with E-state index in [2.05, 4.69) is 28.2 Å². The Morgan fingerprint density at radius 2 is 2.10 bits per heavy atom. The highest BCUT2D eigenvalue weighted by atomic mass is 16.2. The lowest BCUT2D eigenvalue weighted by molar-refractivity contribution is 0.326. The first kappa shape index (κ1) is 14.4. The number of nitrogens with one attached hydrogen (secondary N) is 1. The van der Waals surface area contributed by atoms with Crippen LogP contribution >= 0.6 is 0 Å². The predicted octanol–water partition coefficient (Wildman–Crippen LogP) is 2.17. The van der Waals surface area contributed by atoms with Crippen molar-refractivity contribution in [3.8, 4) is 17.9 Å². The summed E-state index contributed by atoms with van der Waals surface area (Å²) in [6.45, 7) is 0.880. The monoisotopic (exact) mass is 269 g/mol. The van der Waals surface area contributed by atoms with Crippen LogP contribution in [-0.2, 0) is 0 Å². The predicted molar refractivity (Wildman–Crippen MR) is 77.8 cm³/mol. The fraction of sp³-hybridized carbons (Fsp3) is 0.500. The minimum Gasteiger partial charge on any atom is -0.384 e. The Hall–Kier alpha value is -2.04. The van der Waals surface area contributed by atoms with Crippen LogP contribution in [0.1, 0.15) is 31.2 Å². The second-order valence-corrected chi connectivity index (χ2v) is 5.12. The zero-order valence-electron chi connectivity index (χ0n) is 11.5. The zero-order chi connectivity index (χ0) is 14.2.